The lowest BCUT2D eigenvalue weighted by Crippen LogP contribution is -2.28. The quantitative estimate of drug-likeness (QED) is 0.153. The lowest BCUT2D eigenvalue weighted by Gasteiger charge is -2.34. The van der Waals surface area contributed by atoms with Crippen LogP contribution in [0.3, 0.4) is 0 Å². The molecule has 1 aliphatic rings. The number of fused-ring (bicyclic) bond motifs is 5. The van der Waals surface area contributed by atoms with E-state index in [1.54, 1.807) is 0 Å². The Balaban J connectivity index is 0.988. The van der Waals surface area contributed by atoms with Gasteiger partial charge in [0.1, 0.15) is 0 Å². The van der Waals surface area contributed by atoms with Crippen molar-refractivity contribution in [2.24, 2.45) is 0 Å². The van der Waals surface area contributed by atoms with E-state index < -0.39 is 5.41 Å². The van der Waals surface area contributed by atoms with Crippen LogP contribution in [0.15, 0.2) is 261 Å². The number of hydrogen-bond acceptors (Lipinski definition) is 3. The molecule has 0 radical (unpaired) electrons. The molecule has 13 rings (SSSR count). The number of benzene rings is 11. The average Bonchev–Trinajstić information content (AvgIpc) is 3.73. The Morgan fingerprint density at radius 3 is 1.45 bits per heavy atom. The van der Waals surface area contributed by atoms with Crippen molar-refractivity contribution in [2.45, 2.75) is 5.41 Å². The molecule has 11 aromatic carbocycles. The highest BCUT2D eigenvalue weighted by molar-refractivity contribution is 6.00. The van der Waals surface area contributed by atoms with Gasteiger partial charge in [-0.3, -0.25) is 0 Å². The Hall–Kier alpha value is -9.05. The molecule has 0 bridgehead atoms. The molecule has 0 spiro atoms. The SMILES string of the molecule is c1ccc(C2(c3ccccc3)c3ccccc3-c3ccc(-c4nc(-c5cccc(-c6ccc(-c7ccc8ccccc8c7)cc6)c5)nc(-c5ccccc5-c5cccc6ccccc56)n4)cc32)cc1. The maximum absolute atomic E-state index is 5.45. The van der Waals surface area contributed by atoms with Crippen LogP contribution in [0, 0.1) is 0 Å². The summed E-state index contributed by atoms with van der Waals surface area (Å²) in [5, 5.41) is 4.84. The fourth-order valence-corrected chi connectivity index (χ4v) is 10.8. The molecule has 0 saturated heterocycles. The van der Waals surface area contributed by atoms with Gasteiger partial charge in [0.05, 0.1) is 5.41 Å². The first kappa shape index (κ1) is 40.2. The summed E-state index contributed by atoms with van der Waals surface area (Å²) in [4.78, 5) is 16.2. The van der Waals surface area contributed by atoms with E-state index in [2.05, 4.69) is 261 Å². The molecule has 322 valence electrons. The second-order valence-electron chi connectivity index (χ2n) is 17.9. The molecule has 69 heavy (non-hydrogen) atoms. The van der Waals surface area contributed by atoms with Crippen LogP contribution in [0.1, 0.15) is 22.3 Å². The van der Waals surface area contributed by atoms with Crippen LogP contribution in [-0.2, 0) is 5.41 Å². The molecule has 0 N–H and O–H groups in total. The van der Waals surface area contributed by atoms with E-state index in [-0.39, 0.29) is 0 Å². The number of aromatic nitrogens is 3. The second kappa shape index (κ2) is 16.7. The maximum atomic E-state index is 5.45. The summed E-state index contributed by atoms with van der Waals surface area (Å²) < 4.78 is 0. The molecule has 0 amide bonds. The summed E-state index contributed by atoms with van der Waals surface area (Å²) in [6.07, 6.45) is 0. The van der Waals surface area contributed by atoms with Gasteiger partial charge in [-0.05, 0) is 107 Å². The third-order valence-corrected chi connectivity index (χ3v) is 14.0. The van der Waals surface area contributed by atoms with Gasteiger partial charge in [-0.25, -0.2) is 15.0 Å². The monoisotopic (exact) mass is 877 g/mol. The first-order valence-electron chi connectivity index (χ1n) is 23.6. The fraction of sp³-hybridized carbons (Fsp3) is 0.0152. The Kier molecular flexibility index (Phi) is 9.73. The average molecular weight is 878 g/mol. The third-order valence-electron chi connectivity index (χ3n) is 14.0. The normalized spacial score (nSPS) is 12.5. The lowest BCUT2D eigenvalue weighted by molar-refractivity contribution is 0.768. The molecule has 1 aromatic heterocycles. The fourth-order valence-electron chi connectivity index (χ4n) is 10.8. The van der Waals surface area contributed by atoms with Gasteiger partial charge >= 0.3 is 0 Å². The minimum atomic E-state index is -0.567. The zero-order valence-electron chi connectivity index (χ0n) is 37.7. The van der Waals surface area contributed by atoms with Crippen molar-refractivity contribution in [2.75, 3.05) is 0 Å². The second-order valence-corrected chi connectivity index (χ2v) is 17.9. The Morgan fingerprint density at radius 1 is 0.232 bits per heavy atom. The van der Waals surface area contributed by atoms with Crippen LogP contribution in [0.5, 0.6) is 0 Å². The van der Waals surface area contributed by atoms with Gasteiger partial charge in [0, 0.05) is 16.7 Å². The summed E-state index contributed by atoms with van der Waals surface area (Å²) >= 11 is 0. The summed E-state index contributed by atoms with van der Waals surface area (Å²) in [6, 6.07) is 93.7. The van der Waals surface area contributed by atoms with E-state index in [0.29, 0.717) is 17.5 Å². The summed E-state index contributed by atoms with van der Waals surface area (Å²) in [7, 11) is 0. The zero-order chi connectivity index (χ0) is 45.7. The van der Waals surface area contributed by atoms with Gasteiger partial charge in [0.2, 0.25) is 0 Å². The molecule has 0 aliphatic heterocycles. The van der Waals surface area contributed by atoms with Gasteiger partial charge < -0.3 is 0 Å². The van der Waals surface area contributed by atoms with Crippen molar-refractivity contribution < 1.29 is 0 Å². The molecule has 1 heterocycles. The summed E-state index contributed by atoms with van der Waals surface area (Å²) in [5.41, 5.74) is 16.3. The van der Waals surface area contributed by atoms with Crippen LogP contribution in [0.25, 0.3) is 100 Å². The highest BCUT2D eigenvalue weighted by Crippen LogP contribution is 2.56. The summed E-state index contributed by atoms with van der Waals surface area (Å²) in [5.74, 6) is 1.84. The largest absolute Gasteiger partial charge is 0.208 e. The molecule has 0 unspecified atom stereocenters. The molecular formula is C66H43N3. The highest BCUT2D eigenvalue weighted by atomic mass is 15.0. The van der Waals surface area contributed by atoms with Crippen molar-refractivity contribution in [3.63, 3.8) is 0 Å². The smallest absolute Gasteiger partial charge is 0.164 e. The Morgan fingerprint density at radius 2 is 0.710 bits per heavy atom. The van der Waals surface area contributed by atoms with Gasteiger partial charge in [0.15, 0.2) is 17.5 Å². The minimum Gasteiger partial charge on any atom is -0.208 e. The van der Waals surface area contributed by atoms with Crippen molar-refractivity contribution in [3.8, 4) is 78.7 Å². The molecule has 0 atom stereocenters. The number of nitrogens with zero attached hydrogens (tertiary/aromatic N) is 3. The number of rotatable bonds is 8. The van der Waals surface area contributed by atoms with Crippen molar-refractivity contribution in [1.29, 1.82) is 0 Å². The molecule has 0 fully saturated rings. The molecule has 3 heteroatoms. The standard InChI is InChI=1S/C66H43N3/c1-3-23-53(24-4-1)66(54-25-5-2-6-26-54)61-32-14-13-29-58(61)59-40-39-52(43-62(59)66)64-67-63(68-65(69-64)60-30-12-11-28-57(60)56-31-16-20-47-18-9-10-27-55(47)56)51-22-15-21-49(42-51)45-33-35-46(36-34-45)50-38-37-44-17-7-8-19-48(44)41-50/h1-43H. The number of hydrogen-bond donors (Lipinski definition) is 0. The van der Waals surface area contributed by atoms with Gasteiger partial charge in [0.25, 0.3) is 0 Å². The van der Waals surface area contributed by atoms with Crippen molar-refractivity contribution in [3.05, 3.63) is 283 Å². The topological polar surface area (TPSA) is 38.7 Å². The molecule has 3 nitrogen and oxygen atoms in total. The van der Waals surface area contributed by atoms with Crippen LogP contribution in [0.2, 0.25) is 0 Å². The first-order chi connectivity index (χ1) is 34.2. The first-order valence-corrected chi connectivity index (χ1v) is 23.6. The van der Waals surface area contributed by atoms with Crippen LogP contribution in [0.4, 0.5) is 0 Å². The van der Waals surface area contributed by atoms with Crippen LogP contribution in [-0.4, -0.2) is 15.0 Å². The van der Waals surface area contributed by atoms with E-state index in [4.69, 9.17) is 15.0 Å². The van der Waals surface area contributed by atoms with Gasteiger partial charge in [-0.1, -0.05) is 243 Å². The van der Waals surface area contributed by atoms with E-state index in [1.807, 2.05) is 0 Å². The highest BCUT2D eigenvalue weighted by Gasteiger charge is 2.46. The molecular weight excluding hydrogens is 835 g/mol. The van der Waals surface area contributed by atoms with Crippen molar-refractivity contribution in [1.82, 2.24) is 15.0 Å². The van der Waals surface area contributed by atoms with E-state index >= 15 is 0 Å². The van der Waals surface area contributed by atoms with E-state index in [9.17, 15) is 0 Å². The Bertz CT molecular complexity index is 3850. The van der Waals surface area contributed by atoms with Crippen LogP contribution < -0.4 is 0 Å². The van der Waals surface area contributed by atoms with E-state index in [0.717, 1.165) is 38.9 Å². The third kappa shape index (κ3) is 6.86. The lowest BCUT2D eigenvalue weighted by atomic mass is 9.67. The van der Waals surface area contributed by atoms with E-state index in [1.165, 1.54) is 66.1 Å². The van der Waals surface area contributed by atoms with Crippen LogP contribution >= 0.6 is 0 Å². The van der Waals surface area contributed by atoms with Crippen molar-refractivity contribution >= 4 is 21.5 Å². The maximum Gasteiger partial charge on any atom is 0.164 e. The molecule has 0 saturated carbocycles. The predicted octanol–water partition coefficient (Wildman–Crippen LogP) is 16.5. The zero-order valence-corrected chi connectivity index (χ0v) is 37.7. The minimum absolute atomic E-state index is 0.567. The molecule has 12 aromatic rings. The predicted molar refractivity (Wildman–Crippen MR) is 285 cm³/mol. The molecule has 1 aliphatic carbocycles. The summed E-state index contributed by atoms with van der Waals surface area (Å²) in [6.45, 7) is 0. The van der Waals surface area contributed by atoms with Gasteiger partial charge in [-0.15, -0.1) is 0 Å². The Labute approximate surface area is 401 Å². The van der Waals surface area contributed by atoms with Gasteiger partial charge in [-0.2, -0.15) is 0 Å².